The topological polar surface area (TPSA) is 44.5 Å². The van der Waals surface area contributed by atoms with Crippen molar-refractivity contribution < 1.29 is 9.47 Å². The van der Waals surface area contributed by atoms with E-state index in [-0.39, 0.29) is 5.54 Å². The van der Waals surface area contributed by atoms with Gasteiger partial charge in [-0.05, 0) is 19.8 Å². The highest BCUT2D eigenvalue weighted by Gasteiger charge is 2.23. The van der Waals surface area contributed by atoms with Crippen LogP contribution in [0.3, 0.4) is 0 Å². The van der Waals surface area contributed by atoms with Crippen LogP contribution in [0.1, 0.15) is 60.8 Å². The summed E-state index contributed by atoms with van der Waals surface area (Å²) in [5.41, 5.74) is 5.62. The maximum atomic E-state index is 5.65. The number of methoxy groups -OCH3 is 1. The second kappa shape index (κ2) is 18.3. The Labute approximate surface area is 109 Å². The Morgan fingerprint density at radius 3 is 1.88 bits per heavy atom. The van der Waals surface area contributed by atoms with Gasteiger partial charge in [-0.15, -0.1) is 0 Å². The molecule has 108 valence electrons. The quantitative estimate of drug-likeness (QED) is 0.777. The van der Waals surface area contributed by atoms with E-state index in [1.165, 1.54) is 12.8 Å². The molecule has 3 heteroatoms. The van der Waals surface area contributed by atoms with Crippen molar-refractivity contribution in [2.24, 2.45) is 5.73 Å². The Balaban J connectivity index is -0.000000180. The Kier molecular flexibility index (Phi) is 23.7. The number of nitrogens with two attached hydrogens (primary N) is 1. The second-order valence-corrected chi connectivity index (χ2v) is 3.80. The predicted octanol–water partition coefficient (Wildman–Crippen LogP) is 3.61. The average Bonchev–Trinajstić information content (AvgIpc) is 2.77. The van der Waals surface area contributed by atoms with Crippen molar-refractivity contribution in [2.45, 2.75) is 66.3 Å². The summed E-state index contributed by atoms with van der Waals surface area (Å²) in [6, 6.07) is 0. The molecule has 0 saturated carbocycles. The first-order valence-corrected chi connectivity index (χ1v) is 6.98. The number of hydrogen-bond acceptors (Lipinski definition) is 3. The summed E-state index contributed by atoms with van der Waals surface area (Å²) in [6.45, 7) is 14.6. The van der Waals surface area contributed by atoms with Gasteiger partial charge in [0.15, 0.2) is 0 Å². The van der Waals surface area contributed by atoms with Gasteiger partial charge in [0.25, 0.3) is 0 Å². The standard InChI is InChI=1S/C5H11NO.C5H12O.2C2H6/c1-5(6)2-3-7-4-5;1-3-4-5-6-2;2*1-2/h2-4,6H2,1H3;3-5H2,1-2H3;2*1-2H3. The highest BCUT2D eigenvalue weighted by atomic mass is 16.5. The fraction of sp³-hybridized carbons (Fsp3) is 1.00. The molecule has 1 fully saturated rings. The van der Waals surface area contributed by atoms with E-state index in [0.717, 1.165) is 26.2 Å². The van der Waals surface area contributed by atoms with Crippen LogP contribution in [0.2, 0.25) is 0 Å². The summed E-state index contributed by atoms with van der Waals surface area (Å²) in [5.74, 6) is 0. The maximum absolute atomic E-state index is 5.65. The van der Waals surface area contributed by atoms with E-state index in [1.807, 2.05) is 34.6 Å². The predicted molar refractivity (Wildman–Crippen MR) is 77.5 cm³/mol. The molecule has 0 aliphatic carbocycles. The molecule has 17 heavy (non-hydrogen) atoms. The van der Waals surface area contributed by atoms with Crippen molar-refractivity contribution in [3.05, 3.63) is 0 Å². The molecule has 3 nitrogen and oxygen atoms in total. The molecular formula is C14H35NO2. The van der Waals surface area contributed by atoms with Crippen LogP contribution in [-0.2, 0) is 9.47 Å². The fourth-order valence-corrected chi connectivity index (χ4v) is 0.971. The lowest BCUT2D eigenvalue weighted by Crippen LogP contribution is -2.35. The summed E-state index contributed by atoms with van der Waals surface area (Å²) in [5, 5.41) is 0. The number of ether oxygens (including phenoxy) is 2. The molecule has 1 heterocycles. The van der Waals surface area contributed by atoms with Crippen LogP contribution in [0.15, 0.2) is 0 Å². The van der Waals surface area contributed by atoms with Gasteiger partial charge in [0.2, 0.25) is 0 Å². The molecule has 0 aromatic carbocycles. The number of hydrogen-bond donors (Lipinski definition) is 1. The molecule has 1 unspecified atom stereocenters. The lowest BCUT2D eigenvalue weighted by molar-refractivity contribution is 0.182. The normalized spacial score (nSPS) is 21.2. The van der Waals surface area contributed by atoms with E-state index in [9.17, 15) is 0 Å². The Hall–Kier alpha value is -0.120. The van der Waals surface area contributed by atoms with Gasteiger partial charge < -0.3 is 15.2 Å². The maximum Gasteiger partial charge on any atom is 0.0644 e. The van der Waals surface area contributed by atoms with Crippen molar-refractivity contribution in [3.8, 4) is 0 Å². The van der Waals surface area contributed by atoms with E-state index in [1.54, 1.807) is 7.11 Å². The molecule has 2 N–H and O–H groups in total. The van der Waals surface area contributed by atoms with E-state index in [4.69, 9.17) is 15.2 Å². The first-order chi connectivity index (χ1) is 8.12. The van der Waals surface area contributed by atoms with Crippen molar-refractivity contribution >= 4 is 0 Å². The molecule has 0 amide bonds. The van der Waals surface area contributed by atoms with Crippen LogP contribution in [0.5, 0.6) is 0 Å². The molecule has 0 aromatic rings. The summed E-state index contributed by atoms with van der Waals surface area (Å²) in [4.78, 5) is 0. The van der Waals surface area contributed by atoms with E-state index >= 15 is 0 Å². The van der Waals surface area contributed by atoms with Crippen molar-refractivity contribution in [2.75, 3.05) is 26.9 Å². The molecule has 1 atom stereocenters. The van der Waals surface area contributed by atoms with Gasteiger partial charge in [0, 0.05) is 25.9 Å². The summed E-state index contributed by atoms with van der Waals surface area (Å²) in [6.07, 6.45) is 3.43. The summed E-state index contributed by atoms with van der Waals surface area (Å²) in [7, 11) is 1.73. The van der Waals surface area contributed by atoms with Crippen LogP contribution >= 0.6 is 0 Å². The van der Waals surface area contributed by atoms with Crippen molar-refractivity contribution in [1.29, 1.82) is 0 Å². The monoisotopic (exact) mass is 249 g/mol. The molecule has 0 spiro atoms. The third-order valence-electron chi connectivity index (χ3n) is 1.95. The van der Waals surface area contributed by atoms with E-state index < -0.39 is 0 Å². The SMILES string of the molecule is CC.CC.CC1(N)CCOC1.CCCCOC. The lowest BCUT2D eigenvalue weighted by Gasteiger charge is -2.11. The van der Waals surface area contributed by atoms with Gasteiger partial charge in [0.1, 0.15) is 0 Å². The van der Waals surface area contributed by atoms with Crippen molar-refractivity contribution in [1.82, 2.24) is 0 Å². The zero-order valence-corrected chi connectivity index (χ0v) is 13.1. The van der Waals surface area contributed by atoms with Crippen LogP contribution < -0.4 is 5.73 Å². The largest absolute Gasteiger partial charge is 0.385 e. The molecule has 0 radical (unpaired) electrons. The van der Waals surface area contributed by atoms with Gasteiger partial charge >= 0.3 is 0 Å². The average molecular weight is 249 g/mol. The molecule has 1 aliphatic rings. The van der Waals surface area contributed by atoms with E-state index in [2.05, 4.69) is 6.92 Å². The molecule has 0 bridgehead atoms. The van der Waals surface area contributed by atoms with Gasteiger partial charge in [-0.1, -0.05) is 41.0 Å². The molecular weight excluding hydrogens is 214 g/mol. The third kappa shape index (κ3) is 21.7. The molecule has 1 saturated heterocycles. The van der Waals surface area contributed by atoms with Gasteiger partial charge in [-0.3, -0.25) is 0 Å². The minimum atomic E-state index is -0.0278. The first kappa shape index (κ1) is 22.1. The summed E-state index contributed by atoms with van der Waals surface area (Å²) < 4.78 is 9.82. The first-order valence-electron chi connectivity index (χ1n) is 6.98. The van der Waals surface area contributed by atoms with Gasteiger partial charge in [-0.25, -0.2) is 0 Å². The highest BCUT2D eigenvalue weighted by Crippen LogP contribution is 2.12. The lowest BCUT2D eigenvalue weighted by atomic mass is 10.0. The zero-order valence-electron chi connectivity index (χ0n) is 13.1. The third-order valence-corrected chi connectivity index (χ3v) is 1.95. The zero-order chi connectivity index (χ0) is 14.2. The molecule has 1 aliphatic heterocycles. The molecule has 0 aromatic heterocycles. The van der Waals surface area contributed by atoms with Gasteiger partial charge in [-0.2, -0.15) is 0 Å². The minimum Gasteiger partial charge on any atom is -0.385 e. The minimum absolute atomic E-state index is 0.0278. The van der Waals surface area contributed by atoms with Crippen LogP contribution in [-0.4, -0.2) is 32.5 Å². The summed E-state index contributed by atoms with van der Waals surface area (Å²) >= 11 is 0. The fourth-order valence-electron chi connectivity index (χ4n) is 0.971. The molecule has 1 rings (SSSR count). The Morgan fingerprint density at radius 2 is 1.76 bits per heavy atom. The highest BCUT2D eigenvalue weighted by molar-refractivity contribution is 4.81. The second-order valence-electron chi connectivity index (χ2n) is 3.80. The number of unbranched alkanes of at least 4 members (excludes halogenated alkanes) is 1. The van der Waals surface area contributed by atoms with Crippen LogP contribution in [0, 0.1) is 0 Å². The Bertz CT molecular complexity index is 105. The van der Waals surface area contributed by atoms with E-state index in [0.29, 0.717) is 0 Å². The number of rotatable bonds is 3. The van der Waals surface area contributed by atoms with Gasteiger partial charge in [0.05, 0.1) is 6.61 Å². The van der Waals surface area contributed by atoms with Crippen LogP contribution in [0.4, 0.5) is 0 Å². The van der Waals surface area contributed by atoms with Crippen molar-refractivity contribution in [3.63, 3.8) is 0 Å². The smallest absolute Gasteiger partial charge is 0.0644 e. The Morgan fingerprint density at radius 1 is 1.24 bits per heavy atom. The van der Waals surface area contributed by atoms with Crippen LogP contribution in [0.25, 0.3) is 0 Å².